The van der Waals surface area contributed by atoms with Crippen LogP contribution in [0.2, 0.25) is 0 Å². The van der Waals surface area contributed by atoms with Crippen molar-refractivity contribution in [3.63, 3.8) is 0 Å². The highest BCUT2D eigenvalue weighted by atomic mass is 16.2. The number of tetrazole rings is 1. The number of amides is 1. The first-order chi connectivity index (χ1) is 21.5. The van der Waals surface area contributed by atoms with Gasteiger partial charge in [-0.3, -0.25) is 14.2 Å². The van der Waals surface area contributed by atoms with E-state index < -0.39 is 0 Å². The normalized spacial score (nSPS) is 13.3. The second-order valence-corrected chi connectivity index (χ2v) is 11.1. The van der Waals surface area contributed by atoms with Gasteiger partial charge >= 0.3 is 0 Å². The van der Waals surface area contributed by atoms with E-state index in [4.69, 9.17) is 4.98 Å². The van der Waals surface area contributed by atoms with Crippen LogP contribution in [-0.4, -0.2) is 67.2 Å². The summed E-state index contributed by atoms with van der Waals surface area (Å²) >= 11 is 0. The summed E-state index contributed by atoms with van der Waals surface area (Å²) in [6.45, 7) is 7.32. The number of nitrogens with one attached hydrogen (secondary N) is 2. The van der Waals surface area contributed by atoms with Gasteiger partial charge in [0, 0.05) is 61.4 Å². The Labute approximate surface area is 256 Å². The molecule has 1 aliphatic heterocycles. The third kappa shape index (κ3) is 6.21. The summed E-state index contributed by atoms with van der Waals surface area (Å²) in [5.41, 5.74) is 6.64. The molecule has 1 aliphatic rings. The van der Waals surface area contributed by atoms with Gasteiger partial charge in [-0.1, -0.05) is 61.5 Å². The minimum atomic E-state index is -0.0620. The van der Waals surface area contributed by atoms with Crippen LogP contribution in [0.15, 0.2) is 77.6 Å². The first-order valence-corrected chi connectivity index (χ1v) is 15.1. The SMILES string of the molecule is CCCc1nc(C)c(Cc2cccc(C(=O)N3CCNCC3)c2)c(=O)n1Cc1ccc(-c2ccccc2)c(-c2nn[nH]n2)c1. The van der Waals surface area contributed by atoms with Gasteiger partial charge in [0.25, 0.3) is 11.5 Å². The number of hydrogen-bond donors (Lipinski definition) is 2. The zero-order valence-electron chi connectivity index (χ0n) is 25.1. The fourth-order valence-corrected chi connectivity index (χ4v) is 5.81. The largest absolute Gasteiger partial charge is 0.336 e. The highest BCUT2D eigenvalue weighted by Gasteiger charge is 2.20. The molecule has 1 saturated heterocycles. The minimum absolute atomic E-state index is 0.0234. The van der Waals surface area contributed by atoms with Crippen molar-refractivity contribution in [2.45, 2.75) is 39.7 Å². The number of aryl methyl sites for hydroxylation is 2. The van der Waals surface area contributed by atoms with Crippen LogP contribution >= 0.6 is 0 Å². The number of nitrogens with zero attached hydrogens (tertiary/aromatic N) is 6. The van der Waals surface area contributed by atoms with Gasteiger partial charge < -0.3 is 10.2 Å². The molecule has 1 fully saturated rings. The van der Waals surface area contributed by atoms with Crippen LogP contribution in [0.1, 0.15) is 51.9 Å². The van der Waals surface area contributed by atoms with Crippen molar-refractivity contribution in [3.8, 4) is 22.5 Å². The predicted molar refractivity (Wildman–Crippen MR) is 169 cm³/mol. The van der Waals surface area contributed by atoms with E-state index in [1.165, 1.54) is 0 Å². The number of H-pyrrole nitrogens is 1. The Morgan fingerprint density at radius 2 is 1.75 bits per heavy atom. The number of aromatic amines is 1. The second kappa shape index (κ2) is 13.1. The lowest BCUT2D eigenvalue weighted by molar-refractivity contribution is 0.0735. The van der Waals surface area contributed by atoms with E-state index in [1.807, 2.05) is 84.6 Å². The molecule has 0 unspecified atom stereocenters. The highest BCUT2D eigenvalue weighted by Crippen LogP contribution is 2.31. The van der Waals surface area contributed by atoms with Gasteiger partial charge in [0.05, 0.1) is 6.54 Å². The summed E-state index contributed by atoms with van der Waals surface area (Å²) < 4.78 is 1.79. The van der Waals surface area contributed by atoms with E-state index in [-0.39, 0.29) is 11.5 Å². The number of rotatable bonds is 9. The number of carbonyl (C=O) groups excluding carboxylic acids is 1. The molecule has 10 heteroatoms. The maximum atomic E-state index is 14.2. The predicted octanol–water partition coefficient (Wildman–Crippen LogP) is 4.04. The van der Waals surface area contributed by atoms with Gasteiger partial charge in [0.1, 0.15) is 5.82 Å². The molecule has 0 bridgehead atoms. The lowest BCUT2D eigenvalue weighted by atomic mass is 9.97. The summed E-state index contributed by atoms with van der Waals surface area (Å²) in [6.07, 6.45) is 1.95. The van der Waals surface area contributed by atoms with Crippen LogP contribution in [0.4, 0.5) is 0 Å². The average molecular weight is 589 g/mol. The Bertz CT molecular complexity index is 1810. The zero-order chi connectivity index (χ0) is 30.5. The van der Waals surface area contributed by atoms with Gasteiger partial charge in [-0.2, -0.15) is 5.21 Å². The zero-order valence-corrected chi connectivity index (χ0v) is 25.1. The van der Waals surface area contributed by atoms with Crippen molar-refractivity contribution in [3.05, 3.63) is 117 Å². The van der Waals surface area contributed by atoms with Gasteiger partial charge in [0.15, 0.2) is 0 Å². The Hall–Kier alpha value is -4.96. The number of aromatic nitrogens is 6. The number of piperazine rings is 1. The summed E-state index contributed by atoms with van der Waals surface area (Å²) in [5, 5.41) is 18.1. The number of hydrogen-bond acceptors (Lipinski definition) is 7. The molecule has 0 saturated carbocycles. The summed E-state index contributed by atoms with van der Waals surface area (Å²) in [6, 6.07) is 23.8. The molecule has 2 aromatic heterocycles. The quantitative estimate of drug-likeness (QED) is 0.267. The molecule has 10 nitrogen and oxygen atoms in total. The van der Waals surface area contributed by atoms with Crippen LogP contribution in [0, 0.1) is 6.92 Å². The average Bonchev–Trinajstić information content (AvgIpc) is 3.61. The molecule has 44 heavy (non-hydrogen) atoms. The van der Waals surface area contributed by atoms with E-state index >= 15 is 0 Å². The van der Waals surface area contributed by atoms with E-state index in [0.717, 1.165) is 58.8 Å². The molecule has 6 rings (SSSR count). The van der Waals surface area contributed by atoms with E-state index in [0.29, 0.717) is 49.4 Å². The van der Waals surface area contributed by atoms with Crippen LogP contribution < -0.4 is 10.9 Å². The molecule has 0 radical (unpaired) electrons. The van der Waals surface area contributed by atoms with Crippen molar-refractivity contribution in [2.24, 2.45) is 0 Å². The van der Waals surface area contributed by atoms with Crippen molar-refractivity contribution >= 4 is 5.91 Å². The van der Waals surface area contributed by atoms with Crippen molar-refractivity contribution in [2.75, 3.05) is 26.2 Å². The molecule has 0 atom stereocenters. The lowest BCUT2D eigenvalue weighted by Crippen LogP contribution is -2.46. The number of benzene rings is 3. The fraction of sp³-hybridized carbons (Fsp3) is 0.294. The summed E-state index contributed by atoms with van der Waals surface area (Å²) in [4.78, 5) is 34.1. The maximum Gasteiger partial charge on any atom is 0.257 e. The van der Waals surface area contributed by atoms with Crippen LogP contribution in [-0.2, 0) is 19.4 Å². The topological polar surface area (TPSA) is 122 Å². The Morgan fingerprint density at radius 3 is 2.50 bits per heavy atom. The monoisotopic (exact) mass is 588 g/mol. The van der Waals surface area contributed by atoms with Gasteiger partial charge in [-0.05, 0) is 59.0 Å². The molecule has 0 spiro atoms. The van der Waals surface area contributed by atoms with Crippen LogP contribution in [0.25, 0.3) is 22.5 Å². The minimum Gasteiger partial charge on any atom is -0.336 e. The van der Waals surface area contributed by atoms with Gasteiger partial charge in [0.2, 0.25) is 5.82 Å². The first-order valence-electron chi connectivity index (χ1n) is 15.1. The van der Waals surface area contributed by atoms with Crippen molar-refractivity contribution < 1.29 is 4.79 Å². The van der Waals surface area contributed by atoms with Crippen molar-refractivity contribution in [1.29, 1.82) is 0 Å². The van der Waals surface area contributed by atoms with Crippen molar-refractivity contribution in [1.82, 2.24) is 40.4 Å². The third-order valence-corrected chi connectivity index (χ3v) is 8.08. The third-order valence-electron chi connectivity index (χ3n) is 8.08. The molecule has 224 valence electrons. The molecule has 1 amide bonds. The van der Waals surface area contributed by atoms with E-state index in [9.17, 15) is 9.59 Å². The standard InChI is InChI=1S/C34H36N8O2/c1-3-8-31-36-23(2)29(20-24-9-7-12-27(19-24)33(43)41-17-15-35-16-18-41)34(44)42(31)22-25-13-14-28(26-10-5-4-6-11-26)30(21-25)32-37-39-40-38-32/h4-7,9-14,19,21,35H,3,8,15-18,20,22H2,1-2H3,(H,37,38,39,40). The molecule has 5 aromatic rings. The van der Waals surface area contributed by atoms with Crippen LogP contribution in [0.5, 0.6) is 0 Å². The Balaban J connectivity index is 1.34. The van der Waals surface area contributed by atoms with Crippen LogP contribution in [0.3, 0.4) is 0 Å². The lowest BCUT2D eigenvalue weighted by Gasteiger charge is -2.27. The molecule has 0 aliphatic carbocycles. The maximum absolute atomic E-state index is 14.2. The molecule has 2 N–H and O–H groups in total. The van der Waals surface area contributed by atoms with Gasteiger partial charge in [-0.15, -0.1) is 10.2 Å². The Morgan fingerprint density at radius 1 is 0.932 bits per heavy atom. The van der Waals surface area contributed by atoms with E-state index in [2.05, 4.69) is 32.9 Å². The molecule has 3 heterocycles. The highest BCUT2D eigenvalue weighted by molar-refractivity contribution is 5.94. The smallest absolute Gasteiger partial charge is 0.257 e. The number of carbonyl (C=O) groups is 1. The van der Waals surface area contributed by atoms with E-state index in [1.54, 1.807) is 4.57 Å². The second-order valence-electron chi connectivity index (χ2n) is 11.1. The summed E-state index contributed by atoms with van der Waals surface area (Å²) in [5.74, 6) is 1.27. The molecular formula is C34H36N8O2. The fourth-order valence-electron chi connectivity index (χ4n) is 5.81. The first kappa shape index (κ1) is 29.1. The summed E-state index contributed by atoms with van der Waals surface area (Å²) in [7, 11) is 0. The molecule has 3 aromatic carbocycles. The Kier molecular flexibility index (Phi) is 8.69. The van der Waals surface area contributed by atoms with Gasteiger partial charge in [-0.25, -0.2) is 4.98 Å². The molecular weight excluding hydrogens is 552 g/mol.